The molecule has 0 aromatic heterocycles. The molecule has 4 aliphatic heterocycles. The first-order valence-corrected chi connectivity index (χ1v) is 9.99. The number of nitrogens with zero attached hydrogens (tertiary/aromatic N) is 5. The summed E-state index contributed by atoms with van der Waals surface area (Å²) < 4.78 is 11.0. The first-order chi connectivity index (χ1) is 14.5. The number of nitrogens with one attached hydrogen (secondary N) is 1. The lowest BCUT2D eigenvalue weighted by Gasteiger charge is -2.28. The van der Waals surface area contributed by atoms with Gasteiger partial charge in [-0.2, -0.15) is 9.98 Å². The number of guanidine groups is 2. The molecular formula is C17H27N7O6. The predicted molar refractivity (Wildman–Crippen MR) is 105 cm³/mol. The third-order valence-electron chi connectivity index (χ3n) is 5.48. The lowest BCUT2D eigenvalue weighted by molar-refractivity contribution is -0.118. The van der Waals surface area contributed by atoms with E-state index in [0.29, 0.717) is 6.54 Å². The Bertz CT molecular complexity index is 753. The summed E-state index contributed by atoms with van der Waals surface area (Å²) in [7, 11) is 0. The quantitative estimate of drug-likeness (QED) is 0.264. The predicted octanol–water partition coefficient (Wildman–Crippen LogP) is -3.97. The van der Waals surface area contributed by atoms with Crippen LogP contribution in [0.4, 0.5) is 0 Å². The molecule has 1 unspecified atom stereocenters. The molecule has 4 aliphatic rings. The Hall–Kier alpha value is -2.16. The van der Waals surface area contributed by atoms with Crippen molar-refractivity contribution in [1.29, 1.82) is 0 Å². The maximum atomic E-state index is 12.3. The third kappa shape index (κ3) is 4.04. The number of morpholine rings is 1. The van der Waals surface area contributed by atoms with Gasteiger partial charge in [0, 0.05) is 26.2 Å². The van der Waals surface area contributed by atoms with Crippen LogP contribution in [0.5, 0.6) is 0 Å². The maximum Gasteiger partial charge on any atom is 0.279 e. The molecule has 4 rings (SSSR count). The average molecular weight is 425 g/mol. The van der Waals surface area contributed by atoms with Crippen LogP contribution in [0.3, 0.4) is 0 Å². The number of amidine groups is 1. The van der Waals surface area contributed by atoms with Crippen molar-refractivity contribution in [2.75, 3.05) is 46.0 Å². The number of rotatable bonds is 6. The van der Waals surface area contributed by atoms with E-state index in [4.69, 9.17) is 15.2 Å². The van der Waals surface area contributed by atoms with Crippen LogP contribution in [0, 0.1) is 0 Å². The summed E-state index contributed by atoms with van der Waals surface area (Å²) >= 11 is 0. The van der Waals surface area contributed by atoms with E-state index in [0.717, 1.165) is 39.3 Å². The van der Waals surface area contributed by atoms with Crippen molar-refractivity contribution >= 4 is 23.7 Å². The number of carbonyl (C=O) groups excluding carboxylic acids is 1. The first kappa shape index (κ1) is 21.1. The monoisotopic (exact) mass is 425 g/mol. The molecule has 166 valence electrons. The minimum absolute atomic E-state index is 0.189. The number of aliphatic hydroxyl groups is 3. The number of aliphatic hydroxyl groups excluding tert-OH is 3. The van der Waals surface area contributed by atoms with Gasteiger partial charge in [-0.25, -0.2) is 0 Å². The van der Waals surface area contributed by atoms with E-state index < -0.39 is 43.1 Å². The number of ether oxygens (including phenoxy) is 2. The van der Waals surface area contributed by atoms with E-state index in [1.54, 1.807) is 0 Å². The highest BCUT2D eigenvalue weighted by Crippen LogP contribution is 2.28. The van der Waals surface area contributed by atoms with Gasteiger partial charge in [0.1, 0.15) is 24.1 Å². The number of fused-ring (bicyclic) bond motifs is 1. The zero-order chi connectivity index (χ0) is 21.3. The van der Waals surface area contributed by atoms with E-state index in [-0.39, 0.29) is 17.8 Å². The van der Waals surface area contributed by atoms with Crippen molar-refractivity contribution in [1.82, 2.24) is 15.1 Å². The van der Waals surface area contributed by atoms with Crippen LogP contribution in [0.15, 0.2) is 15.0 Å². The van der Waals surface area contributed by atoms with Crippen LogP contribution >= 0.6 is 0 Å². The molecule has 0 bridgehead atoms. The Morgan fingerprint density at radius 2 is 2.00 bits per heavy atom. The number of aliphatic imine (C=N–C) groups is 3. The topological polar surface area (TPSA) is 178 Å². The highest BCUT2D eigenvalue weighted by atomic mass is 16.6. The van der Waals surface area contributed by atoms with Crippen LogP contribution in [0.25, 0.3) is 0 Å². The Morgan fingerprint density at radius 3 is 2.70 bits per heavy atom. The van der Waals surface area contributed by atoms with Crippen molar-refractivity contribution < 1.29 is 29.6 Å². The molecule has 0 aromatic rings. The fourth-order valence-corrected chi connectivity index (χ4v) is 3.89. The molecular weight excluding hydrogens is 398 g/mol. The highest BCUT2D eigenvalue weighted by Gasteiger charge is 2.52. The lowest BCUT2D eigenvalue weighted by Crippen LogP contribution is -2.50. The largest absolute Gasteiger partial charge is 0.394 e. The van der Waals surface area contributed by atoms with Crippen molar-refractivity contribution in [3.63, 3.8) is 0 Å². The van der Waals surface area contributed by atoms with E-state index in [1.807, 2.05) is 0 Å². The van der Waals surface area contributed by atoms with Gasteiger partial charge >= 0.3 is 0 Å². The summed E-state index contributed by atoms with van der Waals surface area (Å²) in [6.07, 6.45) is -3.94. The minimum atomic E-state index is -1.35. The number of carbonyl (C=O) groups is 1. The van der Waals surface area contributed by atoms with Crippen LogP contribution in [0.2, 0.25) is 0 Å². The second-order valence-electron chi connectivity index (χ2n) is 7.47. The van der Waals surface area contributed by atoms with Gasteiger partial charge in [-0.15, -0.1) is 0 Å². The molecule has 0 aliphatic carbocycles. The molecule has 0 aromatic carbocycles. The van der Waals surface area contributed by atoms with E-state index in [1.165, 1.54) is 4.90 Å². The van der Waals surface area contributed by atoms with Crippen LogP contribution in [-0.4, -0.2) is 125 Å². The lowest BCUT2D eigenvalue weighted by atomic mass is 10.1. The van der Waals surface area contributed by atoms with Gasteiger partial charge in [-0.05, 0) is 6.42 Å². The molecule has 0 spiro atoms. The molecule has 6 N–H and O–H groups in total. The molecule has 3 fully saturated rings. The van der Waals surface area contributed by atoms with Gasteiger partial charge < -0.3 is 35.8 Å². The smallest absolute Gasteiger partial charge is 0.279 e. The summed E-state index contributed by atoms with van der Waals surface area (Å²) in [5.74, 6) is -0.283. The summed E-state index contributed by atoms with van der Waals surface area (Å²) in [4.78, 5) is 28.3. The summed E-state index contributed by atoms with van der Waals surface area (Å²) in [5, 5.41) is 33.0. The standard InChI is InChI=1S/C17H27N7O6/c18-16-21-13-10(14(28)22-16)20-17(19-2-1-3-23-4-6-29-7-5-23)24(13)15-12(27)11(26)9(8-25)30-15/h9-12,15,25-27H,1-8H2,(H,19,20)(H2,18,22,28)/t9-,10?,11-,12-,15-/m1/s1. The molecule has 30 heavy (non-hydrogen) atoms. The van der Waals surface area contributed by atoms with Crippen molar-refractivity contribution in [3.8, 4) is 0 Å². The number of hydrogen-bond donors (Lipinski definition) is 5. The summed E-state index contributed by atoms with van der Waals surface area (Å²) in [6.45, 7) is 4.05. The molecule has 3 saturated heterocycles. The molecule has 4 heterocycles. The van der Waals surface area contributed by atoms with Crippen molar-refractivity contribution in [2.45, 2.75) is 37.0 Å². The van der Waals surface area contributed by atoms with Crippen LogP contribution in [0.1, 0.15) is 6.42 Å². The number of nitrogens with two attached hydrogens (primary N) is 1. The second kappa shape index (κ2) is 8.91. The summed E-state index contributed by atoms with van der Waals surface area (Å²) in [5.41, 5.74) is 5.65. The molecule has 13 nitrogen and oxygen atoms in total. The SMILES string of the molecule is NC1=NC(=O)C2NC(=NCCCN3CCOCC3)N([C@@H]3O[C@H](CO)[C@@H](O)[C@H]3O)C2=N1. The zero-order valence-electron chi connectivity index (χ0n) is 16.4. The van der Waals surface area contributed by atoms with Gasteiger partial charge in [-0.1, -0.05) is 0 Å². The van der Waals surface area contributed by atoms with Gasteiger partial charge in [-0.3, -0.25) is 19.6 Å². The molecule has 5 atom stereocenters. The average Bonchev–Trinajstić information content (AvgIpc) is 3.23. The number of amides is 1. The van der Waals surface area contributed by atoms with Crippen LogP contribution in [-0.2, 0) is 14.3 Å². The maximum absolute atomic E-state index is 12.3. The zero-order valence-corrected chi connectivity index (χ0v) is 16.4. The van der Waals surface area contributed by atoms with Gasteiger partial charge in [0.25, 0.3) is 5.91 Å². The number of hydrogen-bond acceptors (Lipinski definition) is 10. The Morgan fingerprint density at radius 1 is 1.23 bits per heavy atom. The van der Waals surface area contributed by atoms with E-state index in [9.17, 15) is 20.1 Å². The molecule has 0 saturated carbocycles. The Balaban J connectivity index is 1.51. The minimum Gasteiger partial charge on any atom is -0.394 e. The van der Waals surface area contributed by atoms with Gasteiger partial charge in [0.15, 0.2) is 12.3 Å². The molecule has 1 amide bonds. The second-order valence-corrected chi connectivity index (χ2v) is 7.47. The Labute approximate surface area is 172 Å². The Kier molecular flexibility index (Phi) is 6.26. The molecule has 0 radical (unpaired) electrons. The van der Waals surface area contributed by atoms with Gasteiger partial charge in [0.2, 0.25) is 11.9 Å². The normalized spacial score (nSPS) is 36.0. The third-order valence-corrected chi connectivity index (χ3v) is 5.48. The first-order valence-electron chi connectivity index (χ1n) is 9.99. The highest BCUT2D eigenvalue weighted by molar-refractivity contribution is 6.25. The van der Waals surface area contributed by atoms with Crippen molar-refractivity contribution in [2.24, 2.45) is 20.7 Å². The van der Waals surface area contributed by atoms with E-state index in [2.05, 4.69) is 25.2 Å². The van der Waals surface area contributed by atoms with Crippen LogP contribution < -0.4 is 11.1 Å². The molecule has 13 heteroatoms. The van der Waals surface area contributed by atoms with Crippen molar-refractivity contribution in [3.05, 3.63) is 0 Å². The van der Waals surface area contributed by atoms with E-state index >= 15 is 0 Å². The van der Waals surface area contributed by atoms with Gasteiger partial charge in [0.05, 0.1) is 19.8 Å². The summed E-state index contributed by atoms with van der Waals surface area (Å²) in [6, 6.07) is -0.906. The fraction of sp³-hybridized carbons (Fsp3) is 0.765. The fourth-order valence-electron chi connectivity index (χ4n) is 3.89.